The van der Waals surface area contributed by atoms with Crippen molar-refractivity contribution in [2.45, 2.75) is 32.6 Å². The molecule has 92 valence electrons. The van der Waals surface area contributed by atoms with Crippen LogP contribution in [-0.2, 0) is 0 Å². The largest absolute Gasteiger partial charge is 0.411 e. The molecule has 1 N–H and O–H groups in total. The van der Waals surface area contributed by atoms with Gasteiger partial charge in [0.05, 0.1) is 6.21 Å². The topological polar surface area (TPSA) is 48.7 Å². The molecule has 1 aromatic heterocycles. The Morgan fingerprint density at radius 3 is 2.59 bits per heavy atom. The number of aryl methyl sites for hydroxylation is 1. The van der Waals surface area contributed by atoms with Crippen LogP contribution in [0.3, 0.4) is 0 Å². The summed E-state index contributed by atoms with van der Waals surface area (Å²) < 4.78 is 0. The minimum Gasteiger partial charge on any atom is -0.411 e. The van der Waals surface area contributed by atoms with Gasteiger partial charge in [0.2, 0.25) is 0 Å². The first kappa shape index (κ1) is 11.9. The van der Waals surface area contributed by atoms with E-state index in [0.29, 0.717) is 0 Å². The van der Waals surface area contributed by atoms with E-state index >= 15 is 0 Å². The molecule has 17 heavy (non-hydrogen) atoms. The lowest BCUT2D eigenvalue weighted by Gasteiger charge is -2.23. The number of hydrogen-bond acceptors (Lipinski definition) is 4. The zero-order valence-corrected chi connectivity index (χ0v) is 10.3. The maximum absolute atomic E-state index is 8.50. The molecule has 0 atom stereocenters. The maximum Gasteiger partial charge on any atom is 0.131 e. The first-order valence-electron chi connectivity index (χ1n) is 6.20. The zero-order chi connectivity index (χ0) is 12.1. The fourth-order valence-electron chi connectivity index (χ4n) is 2.34. The first-order chi connectivity index (χ1) is 8.31. The fourth-order valence-corrected chi connectivity index (χ4v) is 2.34. The molecule has 1 aromatic rings. The molecule has 1 aliphatic rings. The third-order valence-corrected chi connectivity index (χ3v) is 3.18. The average molecular weight is 233 g/mol. The van der Waals surface area contributed by atoms with Crippen LogP contribution in [0, 0.1) is 6.92 Å². The number of aromatic nitrogens is 1. The van der Waals surface area contributed by atoms with Gasteiger partial charge in [0.25, 0.3) is 0 Å². The van der Waals surface area contributed by atoms with Crippen LogP contribution < -0.4 is 4.90 Å². The number of anilines is 1. The van der Waals surface area contributed by atoms with Gasteiger partial charge in [-0.1, -0.05) is 18.0 Å². The van der Waals surface area contributed by atoms with Gasteiger partial charge in [-0.25, -0.2) is 4.98 Å². The van der Waals surface area contributed by atoms with Crippen LogP contribution in [0.5, 0.6) is 0 Å². The van der Waals surface area contributed by atoms with Crippen molar-refractivity contribution in [3.63, 3.8) is 0 Å². The van der Waals surface area contributed by atoms with Gasteiger partial charge in [-0.05, 0) is 31.4 Å². The van der Waals surface area contributed by atoms with Gasteiger partial charge in [-0.3, -0.25) is 0 Å². The quantitative estimate of drug-likeness (QED) is 0.485. The monoisotopic (exact) mass is 233 g/mol. The molecule has 4 heteroatoms. The molecule has 2 heterocycles. The number of pyridine rings is 1. The molecule has 0 spiro atoms. The maximum atomic E-state index is 8.50. The highest BCUT2D eigenvalue weighted by Gasteiger charge is 2.13. The Bertz CT molecular complexity index is 396. The molecular weight excluding hydrogens is 214 g/mol. The van der Waals surface area contributed by atoms with Crippen LogP contribution >= 0.6 is 0 Å². The molecule has 0 bridgehead atoms. The van der Waals surface area contributed by atoms with E-state index in [0.717, 1.165) is 30.0 Å². The van der Waals surface area contributed by atoms with Crippen LogP contribution in [0.4, 0.5) is 5.82 Å². The van der Waals surface area contributed by atoms with Crippen molar-refractivity contribution in [1.29, 1.82) is 0 Å². The van der Waals surface area contributed by atoms with Gasteiger partial charge in [-0.2, -0.15) is 0 Å². The fraction of sp³-hybridized carbons (Fsp3) is 0.538. The highest BCUT2D eigenvalue weighted by molar-refractivity contribution is 5.79. The Balaban J connectivity index is 2.19. The number of rotatable bonds is 2. The summed E-state index contributed by atoms with van der Waals surface area (Å²) in [5.74, 6) is 1.07. The van der Waals surface area contributed by atoms with E-state index in [1.807, 2.05) is 6.07 Å². The molecule has 0 saturated carbocycles. The summed E-state index contributed by atoms with van der Waals surface area (Å²) in [4.78, 5) is 6.85. The van der Waals surface area contributed by atoms with Crippen molar-refractivity contribution in [1.82, 2.24) is 4.98 Å². The number of nitrogens with zero attached hydrogens (tertiary/aromatic N) is 3. The van der Waals surface area contributed by atoms with E-state index in [1.165, 1.54) is 31.9 Å². The minimum absolute atomic E-state index is 0.837. The van der Waals surface area contributed by atoms with Gasteiger partial charge in [0.15, 0.2) is 0 Å². The van der Waals surface area contributed by atoms with E-state index in [2.05, 4.69) is 22.0 Å². The molecule has 0 unspecified atom stereocenters. The molecule has 1 fully saturated rings. The smallest absolute Gasteiger partial charge is 0.131 e. The van der Waals surface area contributed by atoms with Crippen molar-refractivity contribution in [2.24, 2.45) is 5.16 Å². The molecule has 0 radical (unpaired) electrons. The van der Waals surface area contributed by atoms with Crippen molar-refractivity contribution >= 4 is 12.0 Å². The molecule has 1 saturated heterocycles. The second-order valence-electron chi connectivity index (χ2n) is 4.55. The van der Waals surface area contributed by atoms with E-state index in [-0.39, 0.29) is 0 Å². The van der Waals surface area contributed by atoms with Crippen molar-refractivity contribution in [3.05, 3.63) is 23.4 Å². The molecule has 1 aliphatic heterocycles. The second-order valence-corrected chi connectivity index (χ2v) is 4.55. The van der Waals surface area contributed by atoms with Crippen LogP contribution in [-0.4, -0.2) is 29.5 Å². The Hall–Kier alpha value is -1.58. The van der Waals surface area contributed by atoms with Crippen LogP contribution in [0.25, 0.3) is 0 Å². The molecular formula is C13H19N3O. The Kier molecular flexibility index (Phi) is 3.96. The summed E-state index contributed by atoms with van der Waals surface area (Å²) in [6.45, 7) is 4.25. The molecule has 0 aromatic carbocycles. The predicted molar refractivity (Wildman–Crippen MR) is 69.0 cm³/mol. The minimum atomic E-state index is 0.837. The van der Waals surface area contributed by atoms with E-state index in [4.69, 9.17) is 5.21 Å². The summed E-state index contributed by atoms with van der Waals surface area (Å²) in [6.07, 6.45) is 8.32. The SMILES string of the molecule is Cc1cc(/C=N\O)cnc1N1CCCCCC1. The van der Waals surface area contributed by atoms with Crippen LogP contribution in [0.2, 0.25) is 0 Å². The first-order valence-corrected chi connectivity index (χ1v) is 6.20. The zero-order valence-electron chi connectivity index (χ0n) is 10.3. The highest BCUT2D eigenvalue weighted by atomic mass is 16.4. The lowest BCUT2D eigenvalue weighted by molar-refractivity contribution is 0.322. The Morgan fingerprint density at radius 1 is 1.29 bits per heavy atom. The summed E-state index contributed by atoms with van der Waals surface area (Å²) >= 11 is 0. The molecule has 4 nitrogen and oxygen atoms in total. The van der Waals surface area contributed by atoms with E-state index < -0.39 is 0 Å². The van der Waals surface area contributed by atoms with E-state index in [1.54, 1.807) is 6.20 Å². The van der Waals surface area contributed by atoms with E-state index in [9.17, 15) is 0 Å². The Labute approximate surface area is 102 Å². The number of oxime groups is 1. The third-order valence-electron chi connectivity index (χ3n) is 3.18. The number of hydrogen-bond donors (Lipinski definition) is 1. The van der Waals surface area contributed by atoms with Gasteiger partial charge in [0.1, 0.15) is 5.82 Å². The van der Waals surface area contributed by atoms with Gasteiger partial charge in [0, 0.05) is 24.8 Å². The highest BCUT2D eigenvalue weighted by Crippen LogP contribution is 2.21. The van der Waals surface area contributed by atoms with Crippen LogP contribution in [0.1, 0.15) is 36.8 Å². The van der Waals surface area contributed by atoms with Gasteiger partial charge < -0.3 is 10.1 Å². The molecule has 2 rings (SSSR count). The summed E-state index contributed by atoms with van der Waals surface area (Å²) in [7, 11) is 0. The second kappa shape index (κ2) is 5.66. The predicted octanol–water partition coefficient (Wildman–Crippen LogP) is 2.58. The summed E-state index contributed by atoms with van der Waals surface area (Å²) in [5.41, 5.74) is 1.98. The standard InChI is InChI=1S/C13H19N3O/c1-11-8-12(10-15-17)9-14-13(11)16-6-4-2-3-5-7-16/h8-10,17H,2-7H2,1H3/b15-10-. The normalized spacial score (nSPS) is 17.4. The summed E-state index contributed by atoms with van der Waals surface area (Å²) in [6, 6.07) is 2.01. The third kappa shape index (κ3) is 2.96. The van der Waals surface area contributed by atoms with Crippen molar-refractivity contribution < 1.29 is 5.21 Å². The molecule has 0 aliphatic carbocycles. The van der Waals surface area contributed by atoms with Gasteiger partial charge >= 0.3 is 0 Å². The lowest BCUT2D eigenvalue weighted by atomic mass is 10.2. The van der Waals surface area contributed by atoms with Crippen LogP contribution in [0.15, 0.2) is 17.4 Å². The van der Waals surface area contributed by atoms with Crippen molar-refractivity contribution in [2.75, 3.05) is 18.0 Å². The van der Waals surface area contributed by atoms with Gasteiger partial charge in [-0.15, -0.1) is 0 Å². The average Bonchev–Trinajstić information content (AvgIpc) is 2.58. The summed E-state index contributed by atoms with van der Waals surface area (Å²) in [5, 5.41) is 11.5. The van der Waals surface area contributed by atoms with Crippen molar-refractivity contribution in [3.8, 4) is 0 Å². The molecule has 0 amide bonds. The Morgan fingerprint density at radius 2 is 2.00 bits per heavy atom. The lowest BCUT2D eigenvalue weighted by Crippen LogP contribution is -2.25.